The molecule has 0 aromatic carbocycles. The first-order valence-corrected chi connectivity index (χ1v) is 17.0. The highest BCUT2D eigenvalue weighted by atomic mass is 16.3. The van der Waals surface area contributed by atoms with Gasteiger partial charge in [0.25, 0.3) is 0 Å². The molecule has 4 N–H and O–H groups in total. The Morgan fingerprint density at radius 1 is 0.615 bits per heavy atom. The van der Waals surface area contributed by atoms with Crippen molar-refractivity contribution in [2.24, 2.45) is 0 Å². The van der Waals surface area contributed by atoms with Crippen molar-refractivity contribution in [3.8, 4) is 0 Å². The molecule has 0 aliphatic carbocycles. The second kappa shape index (κ2) is 30.1. The molecule has 0 heterocycles. The molecule has 0 aliphatic heterocycles. The van der Waals surface area contributed by atoms with Gasteiger partial charge in [-0.15, -0.1) is 0 Å². The number of unbranched alkanes of at least 4 members (excludes halogenated alkanes) is 19. The van der Waals surface area contributed by atoms with Crippen molar-refractivity contribution in [2.75, 3.05) is 6.61 Å². The molecule has 0 aliphatic rings. The fourth-order valence-corrected chi connectivity index (χ4v) is 5.16. The number of aliphatic hydroxyl groups excluding tert-OH is 3. The van der Waals surface area contributed by atoms with E-state index in [4.69, 9.17) is 0 Å². The molecule has 5 nitrogen and oxygen atoms in total. The Kier molecular flexibility index (Phi) is 29.4. The highest BCUT2D eigenvalue weighted by molar-refractivity contribution is 5.76. The van der Waals surface area contributed by atoms with Crippen LogP contribution >= 0.6 is 0 Å². The van der Waals surface area contributed by atoms with Gasteiger partial charge in [0.2, 0.25) is 5.91 Å². The van der Waals surface area contributed by atoms with Gasteiger partial charge in [-0.2, -0.15) is 0 Å². The van der Waals surface area contributed by atoms with Crippen LogP contribution in [0.1, 0.15) is 174 Å². The number of amides is 1. The number of carbonyl (C=O) groups excluding carboxylic acids is 1. The zero-order valence-corrected chi connectivity index (χ0v) is 26.0. The molecule has 1 amide bonds. The first kappa shape index (κ1) is 38.1. The first-order chi connectivity index (χ1) is 19.0. The highest BCUT2D eigenvalue weighted by Crippen LogP contribution is 2.15. The Morgan fingerprint density at radius 3 is 1.54 bits per heavy atom. The van der Waals surface area contributed by atoms with E-state index in [0.29, 0.717) is 12.8 Å². The monoisotopic (exact) mass is 554 g/mol. The summed E-state index contributed by atoms with van der Waals surface area (Å²) in [5.41, 5.74) is 0. The molecule has 0 aromatic heterocycles. The average molecular weight is 554 g/mol. The lowest BCUT2D eigenvalue weighted by Gasteiger charge is -2.23. The van der Waals surface area contributed by atoms with Crippen molar-refractivity contribution < 1.29 is 20.1 Å². The Labute approximate surface area is 242 Å². The molecule has 3 atom stereocenters. The van der Waals surface area contributed by atoms with Crippen molar-refractivity contribution in [1.29, 1.82) is 0 Å². The van der Waals surface area contributed by atoms with Crippen LogP contribution in [0.25, 0.3) is 0 Å². The standard InChI is InChI=1S/C34H67NO4/c1-3-5-7-9-11-13-15-16-17-18-20-22-24-26-28-33(38)32(30-36)35-34(39)29-31(37)27-25-23-21-19-14-12-10-8-6-4-2/h12,14,31-33,36-38H,3-11,13,15-30H2,1-2H3,(H,35,39)/b14-12-. The van der Waals surface area contributed by atoms with Crippen molar-refractivity contribution in [2.45, 2.75) is 193 Å². The van der Waals surface area contributed by atoms with E-state index in [2.05, 4.69) is 31.3 Å². The van der Waals surface area contributed by atoms with E-state index in [1.165, 1.54) is 103 Å². The average Bonchev–Trinajstić information content (AvgIpc) is 2.92. The van der Waals surface area contributed by atoms with Crippen LogP contribution in [-0.2, 0) is 4.79 Å². The van der Waals surface area contributed by atoms with Crippen molar-refractivity contribution in [1.82, 2.24) is 5.32 Å². The van der Waals surface area contributed by atoms with Gasteiger partial charge in [0.15, 0.2) is 0 Å². The van der Waals surface area contributed by atoms with Gasteiger partial charge in [-0.25, -0.2) is 0 Å². The number of hydrogen-bond acceptors (Lipinski definition) is 4. The van der Waals surface area contributed by atoms with Gasteiger partial charge in [-0.1, -0.05) is 142 Å². The number of rotatable bonds is 30. The molecule has 0 spiro atoms. The predicted molar refractivity (Wildman–Crippen MR) is 167 cm³/mol. The van der Waals surface area contributed by atoms with E-state index >= 15 is 0 Å². The summed E-state index contributed by atoms with van der Waals surface area (Å²) < 4.78 is 0. The summed E-state index contributed by atoms with van der Waals surface area (Å²) in [6, 6.07) is -0.657. The minimum absolute atomic E-state index is 0.0272. The van der Waals surface area contributed by atoms with Gasteiger partial charge in [-0.3, -0.25) is 4.79 Å². The van der Waals surface area contributed by atoms with Crippen LogP contribution in [-0.4, -0.2) is 46.1 Å². The smallest absolute Gasteiger partial charge is 0.222 e. The quantitative estimate of drug-likeness (QED) is 0.0530. The summed E-state index contributed by atoms with van der Waals surface area (Å²) in [6.45, 7) is 4.20. The third kappa shape index (κ3) is 27.0. The summed E-state index contributed by atoms with van der Waals surface area (Å²) in [5.74, 6) is -0.295. The van der Waals surface area contributed by atoms with Gasteiger partial charge in [0, 0.05) is 0 Å². The topological polar surface area (TPSA) is 89.8 Å². The Morgan fingerprint density at radius 2 is 1.03 bits per heavy atom. The van der Waals surface area contributed by atoms with Crippen LogP contribution in [0.15, 0.2) is 12.2 Å². The van der Waals surface area contributed by atoms with Crippen LogP contribution in [0.5, 0.6) is 0 Å². The first-order valence-electron chi connectivity index (χ1n) is 17.0. The normalized spacial score (nSPS) is 14.1. The van der Waals surface area contributed by atoms with Gasteiger partial charge < -0.3 is 20.6 Å². The number of nitrogens with one attached hydrogen (secondary N) is 1. The Bertz CT molecular complexity index is 539. The van der Waals surface area contributed by atoms with Crippen LogP contribution in [0.4, 0.5) is 0 Å². The fourth-order valence-electron chi connectivity index (χ4n) is 5.16. The molecule has 0 saturated carbocycles. The predicted octanol–water partition coefficient (Wildman–Crippen LogP) is 8.53. The maximum absolute atomic E-state index is 12.3. The zero-order valence-electron chi connectivity index (χ0n) is 26.0. The Balaban J connectivity index is 3.72. The van der Waals surface area contributed by atoms with Crippen LogP contribution in [0.3, 0.4) is 0 Å². The highest BCUT2D eigenvalue weighted by Gasteiger charge is 2.21. The molecule has 0 aromatic rings. The maximum Gasteiger partial charge on any atom is 0.222 e. The summed E-state index contributed by atoms with van der Waals surface area (Å²) >= 11 is 0. The number of aliphatic hydroxyl groups is 3. The second-order valence-electron chi connectivity index (χ2n) is 11.8. The van der Waals surface area contributed by atoms with Gasteiger partial charge in [0.1, 0.15) is 0 Å². The molecule has 232 valence electrons. The minimum Gasteiger partial charge on any atom is -0.394 e. The molecule has 5 heteroatoms. The summed E-state index contributed by atoms with van der Waals surface area (Å²) in [6.07, 6.45) is 31.6. The largest absolute Gasteiger partial charge is 0.394 e. The molecular weight excluding hydrogens is 486 g/mol. The van der Waals surface area contributed by atoms with E-state index in [0.717, 1.165) is 38.5 Å². The van der Waals surface area contributed by atoms with Crippen molar-refractivity contribution in [3.05, 3.63) is 12.2 Å². The van der Waals surface area contributed by atoms with Gasteiger partial charge >= 0.3 is 0 Å². The van der Waals surface area contributed by atoms with Crippen LogP contribution in [0.2, 0.25) is 0 Å². The summed E-state index contributed by atoms with van der Waals surface area (Å²) in [5, 5.41) is 33.0. The zero-order chi connectivity index (χ0) is 28.8. The van der Waals surface area contributed by atoms with E-state index in [1.54, 1.807) is 0 Å². The minimum atomic E-state index is -0.747. The molecule has 0 rings (SSSR count). The second-order valence-corrected chi connectivity index (χ2v) is 11.8. The van der Waals surface area contributed by atoms with E-state index in [-0.39, 0.29) is 18.9 Å². The molecule has 0 fully saturated rings. The number of allylic oxidation sites excluding steroid dienone is 2. The number of carbonyl (C=O) groups is 1. The van der Waals surface area contributed by atoms with Gasteiger partial charge in [-0.05, 0) is 38.5 Å². The van der Waals surface area contributed by atoms with Crippen LogP contribution in [0, 0.1) is 0 Å². The molecule has 0 bridgehead atoms. The van der Waals surface area contributed by atoms with E-state index in [1.807, 2.05) is 0 Å². The van der Waals surface area contributed by atoms with E-state index < -0.39 is 18.2 Å². The lowest BCUT2D eigenvalue weighted by Crippen LogP contribution is -2.46. The van der Waals surface area contributed by atoms with Gasteiger partial charge in [0.05, 0.1) is 31.3 Å². The molecule has 0 radical (unpaired) electrons. The number of hydrogen-bond donors (Lipinski definition) is 4. The van der Waals surface area contributed by atoms with Crippen molar-refractivity contribution in [3.63, 3.8) is 0 Å². The third-order valence-corrected chi connectivity index (χ3v) is 7.83. The fraction of sp³-hybridized carbons (Fsp3) is 0.912. The summed E-state index contributed by atoms with van der Waals surface area (Å²) in [4.78, 5) is 12.3. The van der Waals surface area contributed by atoms with E-state index in [9.17, 15) is 20.1 Å². The SMILES string of the molecule is CCCCC/C=C\CCCCCC(O)CC(=O)NC(CO)C(O)CCCCCCCCCCCCCCCC. The van der Waals surface area contributed by atoms with Crippen molar-refractivity contribution >= 4 is 5.91 Å². The van der Waals surface area contributed by atoms with Crippen LogP contribution < -0.4 is 5.32 Å². The Hall–Kier alpha value is -0.910. The lowest BCUT2D eigenvalue weighted by atomic mass is 10.0. The maximum atomic E-state index is 12.3. The third-order valence-electron chi connectivity index (χ3n) is 7.83. The lowest BCUT2D eigenvalue weighted by molar-refractivity contribution is -0.125. The molecule has 0 saturated heterocycles. The molecule has 39 heavy (non-hydrogen) atoms. The molecular formula is C34H67NO4. The summed E-state index contributed by atoms with van der Waals surface area (Å²) in [7, 11) is 0. The molecule has 3 unspecified atom stereocenters.